The van der Waals surface area contributed by atoms with Crippen LogP contribution in [0.15, 0.2) is 101 Å². The number of hydrogen-bond acceptors (Lipinski definition) is 5. The molecular weight excluding hydrogens is 509 g/mol. The van der Waals surface area contributed by atoms with Gasteiger partial charge in [0, 0.05) is 5.56 Å². The predicted octanol–water partition coefficient (Wildman–Crippen LogP) is 6.84. The molecule has 0 aliphatic heterocycles. The standard InChI is InChI=1S/C29H21Cl2N3O3/c1-36-27-16-19(12-14-26(27)37-18-20-11-13-23(30)24(31)15-20)17-32-34-28(21-7-3-2-4-8-21)33-25-10-6-5-9-22(25)29(34)35/h2-17H,18H2,1H3. The molecule has 0 fully saturated rings. The van der Waals surface area contributed by atoms with E-state index in [9.17, 15) is 4.79 Å². The Morgan fingerprint density at radius 2 is 1.68 bits per heavy atom. The monoisotopic (exact) mass is 529 g/mol. The third-order valence-corrected chi connectivity index (χ3v) is 6.41. The summed E-state index contributed by atoms with van der Waals surface area (Å²) in [5, 5.41) is 5.96. The van der Waals surface area contributed by atoms with Gasteiger partial charge in [-0.15, -0.1) is 0 Å². The van der Waals surface area contributed by atoms with Crippen molar-refractivity contribution >= 4 is 40.3 Å². The van der Waals surface area contributed by atoms with Crippen LogP contribution in [0.2, 0.25) is 10.0 Å². The number of para-hydroxylation sites is 1. The molecule has 0 unspecified atom stereocenters. The minimum absolute atomic E-state index is 0.255. The van der Waals surface area contributed by atoms with Gasteiger partial charge in [-0.1, -0.05) is 71.7 Å². The average Bonchev–Trinajstić information content (AvgIpc) is 2.93. The SMILES string of the molecule is COc1cc(C=Nn2c(-c3ccccc3)nc3ccccc3c2=O)ccc1OCc1ccc(Cl)c(Cl)c1. The van der Waals surface area contributed by atoms with Gasteiger partial charge in [0.25, 0.3) is 5.56 Å². The maximum absolute atomic E-state index is 13.3. The fraction of sp³-hybridized carbons (Fsp3) is 0.0690. The fourth-order valence-corrected chi connectivity index (χ4v) is 4.12. The Kier molecular flexibility index (Phi) is 7.21. The number of aromatic nitrogens is 2. The zero-order valence-corrected chi connectivity index (χ0v) is 21.3. The summed E-state index contributed by atoms with van der Waals surface area (Å²) in [4.78, 5) is 18.1. The molecule has 0 N–H and O–H groups in total. The minimum atomic E-state index is -0.255. The highest BCUT2D eigenvalue weighted by molar-refractivity contribution is 6.42. The van der Waals surface area contributed by atoms with Crippen LogP contribution >= 0.6 is 23.2 Å². The Hall–Kier alpha value is -4.13. The molecule has 8 heteroatoms. The molecule has 37 heavy (non-hydrogen) atoms. The summed E-state index contributed by atoms with van der Waals surface area (Å²) < 4.78 is 12.8. The Bertz CT molecular complexity index is 1670. The van der Waals surface area contributed by atoms with Crippen LogP contribution in [0, 0.1) is 0 Å². The van der Waals surface area contributed by atoms with E-state index in [-0.39, 0.29) is 5.56 Å². The lowest BCUT2D eigenvalue weighted by Gasteiger charge is -2.12. The van der Waals surface area contributed by atoms with Gasteiger partial charge in [-0.25, -0.2) is 4.98 Å². The molecule has 0 aliphatic carbocycles. The highest BCUT2D eigenvalue weighted by Gasteiger charge is 2.12. The van der Waals surface area contributed by atoms with Crippen molar-refractivity contribution in [3.05, 3.63) is 123 Å². The van der Waals surface area contributed by atoms with Gasteiger partial charge in [-0.2, -0.15) is 9.78 Å². The van der Waals surface area contributed by atoms with Crippen LogP contribution in [0.1, 0.15) is 11.1 Å². The van der Waals surface area contributed by atoms with Crippen molar-refractivity contribution < 1.29 is 9.47 Å². The number of hydrogen-bond donors (Lipinski definition) is 0. The largest absolute Gasteiger partial charge is 0.493 e. The summed E-state index contributed by atoms with van der Waals surface area (Å²) in [6, 6.07) is 27.5. The lowest BCUT2D eigenvalue weighted by Crippen LogP contribution is -2.20. The van der Waals surface area contributed by atoms with E-state index in [1.165, 1.54) is 4.68 Å². The second kappa shape index (κ2) is 10.9. The van der Waals surface area contributed by atoms with E-state index in [0.29, 0.717) is 44.9 Å². The normalized spacial score (nSPS) is 11.2. The first kappa shape index (κ1) is 24.6. The number of halogens is 2. The summed E-state index contributed by atoms with van der Waals surface area (Å²) in [7, 11) is 1.56. The molecule has 0 amide bonds. The molecule has 1 heterocycles. The van der Waals surface area contributed by atoms with E-state index >= 15 is 0 Å². The summed E-state index contributed by atoms with van der Waals surface area (Å²) in [5.74, 6) is 1.53. The van der Waals surface area contributed by atoms with Crippen LogP contribution in [0.25, 0.3) is 22.3 Å². The zero-order valence-electron chi connectivity index (χ0n) is 19.8. The summed E-state index contributed by atoms with van der Waals surface area (Å²) in [5.41, 5.74) is 2.74. The van der Waals surface area contributed by atoms with Gasteiger partial charge >= 0.3 is 0 Å². The van der Waals surface area contributed by atoms with E-state index < -0.39 is 0 Å². The van der Waals surface area contributed by atoms with E-state index in [1.807, 2.05) is 60.7 Å². The fourth-order valence-electron chi connectivity index (χ4n) is 3.80. The second-order valence-electron chi connectivity index (χ2n) is 8.13. The van der Waals surface area contributed by atoms with Gasteiger partial charge in [0.2, 0.25) is 0 Å². The van der Waals surface area contributed by atoms with Crippen molar-refractivity contribution in [1.29, 1.82) is 0 Å². The Morgan fingerprint density at radius 1 is 0.892 bits per heavy atom. The molecule has 0 saturated heterocycles. The molecular formula is C29H21Cl2N3O3. The lowest BCUT2D eigenvalue weighted by atomic mass is 10.2. The summed E-state index contributed by atoms with van der Waals surface area (Å²) in [6.07, 6.45) is 1.59. The van der Waals surface area contributed by atoms with Crippen LogP contribution in [0.4, 0.5) is 0 Å². The molecule has 0 atom stereocenters. The van der Waals surface area contributed by atoms with Gasteiger partial charge in [-0.05, 0) is 53.6 Å². The lowest BCUT2D eigenvalue weighted by molar-refractivity contribution is 0.284. The molecule has 5 aromatic rings. The van der Waals surface area contributed by atoms with Gasteiger partial charge in [0.15, 0.2) is 17.3 Å². The number of nitrogens with zero attached hydrogens (tertiary/aromatic N) is 3. The molecule has 0 bridgehead atoms. The Labute approximate surface area is 223 Å². The quantitative estimate of drug-likeness (QED) is 0.216. The molecule has 0 radical (unpaired) electrons. The number of rotatable bonds is 7. The van der Waals surface area contributed by atoms with Crippen LogP contribution in [-0.4, -0.2) is 23.0 Å². The number of methoxy groups -OCH3 is 1. The second-order valence-corrected chi connectivity index (χ2v) is 8.94. The molecule has 0 spiro atoms. The van der Waals surface area contributed by atoms with Crippen molar-refractivity contribution in [2.75, 3.05) is 7.11 Å². The maximum atomic E-state index is 13.3. The molecule has 5 rings (SSSR count). The van der Waals surface area contributed by atoms with Crippen molar-refractivity contribution in [3.8, 4) is 22.9 Å². The van der Waals surface area contributed by atoms with Gasteiger partial charge < -0.3 is 9.47 Å². The molecule has 1 aromatic heterocycles. The molecule has 4 aromatic carbocycles. The van der Waals surface area contributed by atoms with E-state index in [1.54, 1.807) is 43.7 Å². The number of ether oxygens (including phenoxy) is 2. The first-order chi connectivity index (χ1) is 18.0. The Balaban J connectivity index is 1.46. The highest BCUT2D eigenvalue weighted by atomic mass is 35.5. The van der Waals surface area contributed by atoms with Crippen LogP contribution < -0.4 is 15.0 Å². The van der Waals surface area contributed by atoms with Crippen molar-refractivity contribution in [2.45, 2.75) is 6.61 Å². The smallest absolute Gasteiger partial charge is 0.282 e. The summed E-state index contributed by atoms with van der Waals surface area (Å²) >= 11 is 12.1. The topological polar surface area (TPSA) is 65.7 Å². The first-order valence-electron chi connectivity index (χ1n) is 11.4. The Morgan fingerprint density at radius 3 is 2.46 bits per heavy atom. The molecule has 184 valence electrons. The average molecular weight is 530 g/mol. The van der Waals surface area contributed by atoms with Gasteiger partial charge in [-0.3, -0.25) is 4.79 Å². The first-order valence-corrected chi connectivity index (χ1v) is 12.2. The van der Waals surface area contributed by atoms with Crippen LogP contribution in [0.3, 0.4) is 0 Å². The number of fused-ring (bicyclic) bond motifs is 1. The van der Waals surface area contributed by atoms with Gasteiger partial charge in [0.05, 0.1) is 34.3 Å². The third-order valence-electron chi connectivity index (χ3n) is 5.67. The van der Waals surface area contributed by atoms with Gasteiger partial charge in [0.1, 0.15) is 6.61 Å². The highest BCUT2D eigenvalue weighted by Crippen LogP contribution is 2.29. The van der Waals surface area contributed by atoms with E-state index in [2.05, 4.69) is 5.10 Å². The number of benzene rings is 4. The van der Waals surface area contributed by atoms with Crippen molar-refractivity contribution in [3.63, 3.8) is 0 Å². The molecule has 6 nitrogen and oxygen atoms in total. The third kappa shape index (κ3) is 5.35. The van der Waals surface area contributed by atoms with Crippen molar-refractivity contribution in [2.24, 2.45) is 5.10 Å². The van der Waals surface area contributed by atoms with Crippen LogP contribution in [0.5, 0.6) is 11.5 Å². The summed E-state index contributed by atoms with van der Waals surface area (Å²) in [6.45, 7) is 0.291. The molecule has 0 aliphatic rings. The van der Waals surface area contributed by atoms with E-state index in [0.717, 1.165) is 16.7 Å². The maximum Gasteiger partial charge on any atom is 0.282 e. The molecule has 0 saturated carbocycles. The minimum Gasteiger partial charge on any atom is -0.493 e. The zero-order chi connectivity index (χ0) is 25.8. The van der Waals surface area contributed by atoms with E-state index in [4.69, 9.17) is 37.7 Å². The van der Waals surface area contributed by atoms with Crippen LogP contribution in [-0.2, 0) is 6.61 Å². The predicted molar refractivity (Wildman–Crippen MR) is 148 cm³/mol. The van der Waals surface area contributed by atoms with Crippen molar-refractivity contribution in [1.82, 2.24) is 9.66 Å².